The minimum atomic E-state index is -5.68. The van der Waals surface area contributed by atoms with E-state index >= 15 is 0 Å². The lowest BCUT2D eigenvalue weighted by Gasteiger charge is -2.48. The maximum absolute atomic E-state index is 13.0. The summed E-state index contributed by atoms with van der Waals surface area (Å²) < 4.78 is 67.3. The lowest BCUT2D eigenvalue weighted by Crippen LogP contribution is -2.66. The van der Waals surface area contributed by atoms with Crippen LogP contribution in [0.4, 0.5) is 0 Å². The molecule has 0 spiro atoms. The predicted octanol–water partition coefficient (Wildman–Crippen LogP) is 11.9. The standard InChI is InChI=1S/C73H122O22P2/c1-13-48(2)24-14-25-49(3)26-15-27-50(4)28-16-29-51(5)30-17-31-52(6)32-18-33-53(7)34-19-35-54(8)36-20-37-55(9)38-21-39-56(10)40-22-41-57(11)42-23-43-58(12)47-88-96(84,85)95-97(86,87)94-73-67(82)65(80)69(61(46-76)91-73)92-72-68(83)70(63(78)60(45-75)90-72)93-71-66(81)64(79)62(77)59(44-74)89-71/h13,25,27,29,31,33,35,37,39,41,43,59-83H,14-24,26,28,30,32,34,36,38,40,42,44-47H2,1-12H3,(H,84,85)(H,86,87)/b48-13-,49-25-,50-27-,51-29-,52-31-,53-33-,54-35-,55-37-,56-39+,57-41+,58-43+/t59-,60-,61-,62-,63-,64+,65-,66+,67-,68-,69-,70+,71-,72+,73-/m1/s1. The number of ether oxygens (including phenoxy) is 5. The van der Waals surface area contributed by atoms with Crippen LogP contribution in [0.25, 0.3) is 0 Å². The van der Waals surface area contributed by atoms with E-state index in [1.807, 2.05) is 6.92 Å². The average Bonchev–Trinajstić information content (AvgIpc) is 0.782. The van der Waals surface area contributed by atoms with Gasteiger partial charge in [-0.3, -0.25) is 9.05 Å². The Kier molecular flexibility index (Phi) is 42.1. The zero-order valence-corrected chi connectivity index (χ0v) is 61.6. The first kappa shape index (κ1) is 88.0. The Morgan fingerprint density at radius 3 is 0.969 bits per heavy atom. The molecular formula is C73H122O22P2. The Hall–Kier alpha value is -3.20. The summed E-state index contributed by atoms with van der Waals surface area (Å²) in [4.78, 5) is 20.8. The number of hydrogen-bond acceptors (Lipinski definition) is 20. The normalized spacial score (nSPS) is 29.7. The first-order chi connectivity index (χ1) is 45.8. The molecule has 556 valence electrons. The molecule has 17 atom stereocenters. The average molecular weight is 1410 g/mol. The smallest absolute Gasteiger partial charge is 0.394 e. The minimum absolute atomic E-state index is 0.483. The summed E-state index contributed by atoms with van der Waals surface area (Å²) >= 11 is 0. The van der Waals surface area contributed by atoms with E-state index < -0.39 is 134 Å². The van der Waals surface area contributed by atoms with Gasteiger partial charge in [0.1, 0.15) is 73.2 Å². The van der Waals surface area contributed by atoms with Crippen LogP contribution in [0.1, 0.15) is 212 Å². The summed E-state index contributed by atoms with van der Waals surface area (Å²) in [6, 6.07) is 0. The second kappa shape index (κ2) is 46.4. The van der Waals surface area contributed by atoms with E-state index in [9.17, 15) is 70.0 Å². The second-order valence-corrected chi connectivity index (χ2v) is 29.7. The van der Waals surface area contributed by atoms with Gasteiger partial charge in [-0.2, -0.15) is 4.31 Å². The third-order valence-electron chi connectivity index (χ3n) is 17.8. The molecule has 3 aliphatic rings. The molecule has 0 aliphatic carbocycles. The molecule has 2 unspecified atom stereocenters. The van der Waals surface area contributed by atoms with Gasteiger partial charge in [-0.15, -0.1) is 0 Å². The van der Waals surface area contributed by atoms with Crippen LogP contribution in [0.3, 0.4) is 0 Å². The van der Waals surface area contributed by atoms with E-state index in [2.05, 4.69) is 134 Å². The van der Waals surface area contributed by atoms with Gasteiger partial charge in [0.15, 0.2) is 18.9 Å². The van der Waals surface area contributed by atoms with Crippen LogP contribution in [-0.4, -0.2) is 179 Å². The molecule has 3 rings (SSSR count). The molecule has 3 saturated heterocycles. The fourth-order valence-electron chi connectivity index (χ4n) is 11.2. The molecule has 22 nitrogen and oxygen atoms in total. The molecule has 0 aromatic heterocycles. The van der Waals surface area contributed by atoms with Crippen molar-refractivity contribution in [3.05, 3.63) is 128 Å². The monoisotopic (exact) mass is 1410 g/mol. The zero-order valence-electron chi connectivity index (χ0n) is 59.8. The number of phosphoric ester groups is 2. The number of allylic oxidation sites excluding steroid dienone is 21. The Labute approximate surface area is 578 Å². The summed E-state index contributed by atoms with van der Waals surface area (Å²) in [5.41, 5.74) is 14.7. The van der Waals surface area contributed by atoms with Gasteiger partial charge in [0.05, 0.1) is 26.4 Å². The Bertz CT molecular complexity index is 2790. The number of aliphatic hydroxyl groups is 10. The maximum Gasteiger partial charge on any atom is 0.483 e. The summed E-state index contributed by atoms with van der Waals surface area (Å²) in [5, 5.41) is 104. The number of rotatable bonds is 44. The third kappa shape index (κ3) is 34.1. The summed E-state index contributed by atoms with van der Waals surface area (Å²) in [6.45, 7) is 22.6. The van der Waals surface area contributed by atoms with Crippen molar-refractivity contribution in [2.45, 2.75) is 304 Å². The first-order valence-corrected chi connectivity index (χ1v) is 37.6. The van der Waals surface area contributed by atoms with Gasteiger partial charge in [0.2, 0.25) is 0 Å². The van der Waals surface area contributed by atoms with E-state index in [-0.39, 0.29) is 0 Å². The summed E-state index contributed by atoms with van der Waals surface area (Å²) in [6.07, 6.45) is 17.1. The molecule has 0 radical (unpaired) electrons. The molecule has 0 bridgehead atoms. The zero-order chi connectivity index (χ0) is 72.4. The quantitative estimate of drug-likeness (QED) is 0.0199. The molecule has 0 aromatic carbocycles. The van der Waals surface area contributed by atoms with Crippen LogP contribution in [0.5, 0.6) is 0 Å². The Morgan fingerprint density at radius 2 is 0.629 bits per heavy atom. The van der Waals surface area contributed by atoms with E-state index in [4.69, 9.17) is 32.7 Å². The van der Waals surface area contributed by atoms with Crippen molar-refractivity contribution in [2.24, 2.45) is 0 Å². The topological polar surface area (TPSA) is 351 Å². The summed E-state index contributed by atoms with van der Waals surface area (Å²) in [7, 11) is -11.0. The predicted molar refractivity (Wildman–Crippen MR) is 376 cm³/mol. The number of phosphoric acid groups is 2. The van der Waals surface area contributed by atoms with Crippen LogP contribution in [-0.2, 0) is 46.2 Å². The second-order valence-electron chi connectivity index (χ2n) is 26.7. The lowest BCUT2D eigenvalue weighted by atomic mass is 9.96. The third-order valence-corrected chi connectivity index (χ3v) is 20.4. The van der Waals surface area contributed by atoms with Crippen molar-refractivity contribution in [1.29, 1.82) is 0 Å². The molecule has 3 aliphatic heterocycles. The molecule has 0 saturated carbocycles. The molecule has 0 aromatic rings. The van der Waals surface area contributed by atoms with Crippen molar-refractivity contribution >= 4 is 15.6 Å². The molecule has 0 amide bonds. The van der Waals surface area contributed by atoms with Crippen LogP contribution in [0, 0.1) is 0 Å². The van der Waals surface area contributed by atoms with Crippen molar-refractivity contribution in [1.82, 2.24) is 0 Å². The van der Waals surface area contributed by atoms with E-state index in [1.54, 1.807) is 13.0 Å². The highest BCUT2D eigenvalue weighted by molar-refractivity contribution is 7.61. The van der Waals surface area contributed by atoms with Gasteiger partial charge in [-0.1, -0.05) is 128 Å². The van der Waals surface area contributed by atoms with Crippen LogP contribution in [0.15, 0.2) is 128 Å². The van der Waals surface area contributed by atoms with Crippen molar-refractivity contribution in [3.8, 4) is 0 Å². The Morgan fingerprint density at radius 1 is 0.340 bits per heavy atom. The van der Waals surface area contributed by atoms with Gasteiger partial charge in [-0.25, -0.2) is 9.13 Å². The van der Waals surface area contributed by atoms with E-state index in [1.165, 1.54) is 50.2 Å². The summed E-state index contributed by atoms with van der Waals surface area (Å²) in [5.74, 6) is 0. The van der Waals surface area contributed by atoms with Crippen molar-refractivity contribution in [2.75, 3.05) is 26.4 Å². The highest BCUT2D eigenvalue weighted by Crippen LogP contribution is 2.61. The highest BCUT2D eigenvalue weighted by Gasteiger charge is 2.55. The van der Waals surface area contributed by atoms with E-state index in [0.29, 0.717) is 18.4 Å². The SMILES string of the molecule is C/C=C(/C)CC/C=C(/C)CC/C=C(/C)CC/C=C(/C)CC/C=C(/C)CC/C=C(/C)CC/C=C(/C)CC/C=C(/C)CC/C=C(\C)CC/C=C(\C)CC/C=C(\C)COP(=O)(O)OP(=O)(O)O[C@H]1O[C@H](CO)[C@@H](O[C@@H]2O[C@H](CO)[C@@H](O)[C@H](O[C@H]3O[C@H](CO)[C@@H](O)[C@H](O)[C@@H]3O)[C@H]2O)[C@H](O)[C@H]1O. The van der Waals surface area contributed by atoms with E-state index in [0.717, 1.165) is 121 Å². The fourth-order valence-corrected chi connectivity index (χ4v) is 13.4. The lowest BCUT2D eigenvalue weighted by molar-refractivity contribution is -0.378. The minimum Gasteiger partial charge on any atom is -0.394 e. The number of hydrogen-bond donors (Lipinski definition) is 12. The molecular weight excluding hydrogens is 1290 g/mol. The highest BCUT2D eigenvalue weighted by atomic mass is 31.3. The van der Waals surface area contributed by atoms with Crippen LogP contribution in [0.2, 0.25) is 0 Å². The molecule has 3 heterocycles. The van der Waals surface area contributed by atoms with Gasteiger partial charge in [0, 0.05) is 0 Å². The molecule has 3 fully saturated rings. The van der Waals surface area contributed by atoms with Gasteiger partial charge in [-0.05, 0) is 212 Å². The maximum atomic E-state index is 13.0. The first-order valence-electron chi connectivity index (χ1n) is 34.6. The van der Waals surface area contributed by atoms with Crippen LogP contribution >= 0.6 is 15.6 Å². The van der Waals surface area contributed by atoms with Crippen LogP contribution < -0.4 is 0 Å². The largest absolute Gasteiger partial charge is 0.483 e. The molecule has 24 heteroatoms. The van der Waals surface area contributed by atoms with Gasteiger partial charge in [0.25, 0.3) is 0 Å². The Balaban J connectivity index is 1.32. The van der Waals surface area contributed by atoms with Gasteiger partial charge >= 0.3 is 15.6 Å². The number of aliphatic hydroxyl groups excluding tert-OH is 10. The van der Waals surface area contributed by atoms with Crippen molar-refractivity contribution in [3.63, 3.8) is 0 Å². The fraction of sp³-hybridized carbons (Fsp3) is 0.699. The van der Waals surface area contributed by atoms with Crippen molar-refractivity contribution < 1.29 is 107 Å². The van der Waals surface area contributed by atoms with Gasteiger partial charge < -0.3 is 84.5 Å². The molecule has 97 heavy (non-hydrogen) atoms. The molecule has 12 N–H and O–H groups in total.